The van der Waals surface area contributed by atoms with Crippen LogP contribution >= 0.6 is 11.8 Å². The molecule has 0 aliphatic heterocycles. The molecule has 1 N–H and O–H groups in total. The van der Waals surface area contributed by atoms with Crippen molar-refractivity contribution in [2.75, 3.05) is 45.1 Å². The zero-order valence-corrected chi connectivity index (χ0v) is 14.0. The van der Waals surface area contributed by atoms with E-state index in [1.54, 1.807) is 7.11 Å². The summed E-state index contributed by atoms with van der Waals surface area (Å²) in [5.74, 6) is 2.91. The van der Waals surface area contributed by atoms with Gasteiger partial charge in [-0.3, -0.25) is 0 Å². The number of methoxy groups -OCH3 is 1. The summed E-state index contributed by atoms with van der Waals surface area (Å²) in [5.41, 5.74) is 2.17. The lowest BCUT2D eigenvalue weighted by Crippen LogP contribution is -2.21. The van der Waals surface area contributed by atoms with E-state index >= 15 is 0 Å². The molecular formula is C16H23N3OS. The van der Waals surface area contributed by atoms with Crippen LogP contribution in [0.4, 0.5) is 5.82 Å². The van der Waals surface area contributed by atoms with Crippen molar-refractivity contribution in [3.63, 3.8) is 0 Å². The van der Waals surface area contributed by atoms with Gasteiger partial charge >= 0.3 is 0 Å². The second-order valence-electron chi connectivity index (χ2n) is 5.04. The fraction of sp³-hybridized carbons (Fsp3) is 0.438. The van der Waals surface area contributed by atoms with Gasteiger partial charge in [-0.05, 0) is 31.5 Å². The Bertz CT molecular complexity index is 603. The highest BCUT2D eigenvalue weighted by Gasteiger charge is 2.09. The van der Waals surface area contributed by atoms with Gasteiger partial charge in [-0.25, -0.2) is 4.98 Å². The Morgan fingerprint density at radius 1 is 1.33 bits per heavy atom. The molecule has 1 aromatic carbocycles. The molecule has 0 saturated carbocycles. The lowest BCUT2D eigenvalue weighted by molar-refractivity contribution is 0.349. The molecular weight excluding hydrogens is 282 g/mol. The molecule has 0 spiro atoms. The fourth-order valence-corrected chi connectivity index (χ4v) is 2.77. The van der Waals surface area contributed by atoms with Gasteiger partial charge in [0.05, 0.1) is 12.6 Å². The summed E-state index contributed by atoms with van der Waals surface area (Å²) in [6.07, 6.45) is 2.14. The summed E-state index contributed by atoms with van der Waals surface area (Å²) in [6.45, 7) is 1.97. The number of hydrogen-bond donors (Lipinski definition) is 1. The molecule has 21 heavy (non-hydrogen) atoms. The van der Waals surface area contributed by atoms with Crippen molar-refractivity contribution in [2.24, 2.45) is 0 Å². The molecule has 0 unspecified atom stereocenters. The Morgan fingerprint density at radius 3 is 2.81 bits per heavy atom. The Labute approximate surface area is 130 Å². The zero-order valence-electron chi connectivity index (χ0n) is 13.1. The van der Waals surface area contributed by atoms with Gasteiger partial charge in [0.25, 0.3) is 0 Å². The average molecular weight is 305 g/mol. The van der Waals surface area contributed by atoms with E-state index in [0.717, 1.165) is 41.3 Å². The van der Waals surface area contributed by atoms with Crippen LogP contribution in [-0.2, 0) is 6.54 Å². The average Bonchev–Trinajstić information content (AvgIpc) is 2.51. The van der Waals surface area contributed by atoms with Crippen LogP contribution in [0.2, 0.25) is 0 Å². The van der Waals surface area contributed by atoms with Gasteiger partial charge in [-0.15, -0.1) is 0 Å². The number of aromatic nitrogens is 1. The summed E-state index contributed by atoms with van der Waals surface area (Å²) in [4.78, 5) is 7.04. The van der Waals surface area contributed by atoms with Crippen molar-refractivity contribution < 1.29 is 4.74 Å². The van der Waals surface area contributed by atoms with E-state index in [4.69, 9.17) is 9.72 Å². The van der Waals surface area contributed by atoms with Gasteiger partial charge in [0, 0.05) is 42.9 Å². The first-order valence-electron chi connectivity index (χ1n) is 7.01. The summed E-state index contributed by atoms with van der Waals surface area (Å²) in [5, 5.41) is 4.34. The molecule has 1 heterocycles. The van der Waals surface area contributed by atoms with Crippen LogP contribution in [0.15, 0.2) is 24.3 Å². The number of ether oxygens (including phenoxy) is 1. The van der Waals surface area contributed by atoms with E-state index in [2.05, 4.69) is 35.7 Å². The van der Waals surface area contributed by atoms with Crippen LogP contribution in [0.3, 0.4) is 0 Å². The predicted molar refractivity (Wildman–Crippen MR) is 92.6 cm³/mol. The highest BCUT2D eigenvalue weighted by atomic mass is 32.2. The maximum absolute atomic E-state index is 5.26. The fourth-order valence-electron chi connectivity index (χ4n) is 2.27. The molecule has 0 aliphatic carbocycles. The number of fused-ring (bicyclic) bond motifs is 1. The molecule has 2 aromatic rings. The smallest absolute Gasteiger partial charge is 0.130 e. The van der Waals surface area contributed by atoms with Crippen molar-refractivity contribution >= 4 is 28.5 Å². The van der Waals surface area contributed by atoms with Gasteiger partial charge in [0.2, 0.25) is 0 Å². The molecule has 5 heteroatoms. The third-order valence-electron chi connectivity index (χ3n) is 3.46. The number of pyridine rings is 1. The predicted octanol–water partition coefficient (Wildman–Crippen LogP) is 3.08. The molecule has 4 nitrogen and oxygen atoms in total. The topological polar surface area (TPSA) is 37.4 Å². The minimum Gasteiger partial charge on any atom is -0.497 e. The van der Waals surface area contributed by atoms with Crippen molar-refractivity contribution in [3.8, 4) is 5.75 Å². The molecule has 0 amide bonds. The number of benzene rings is 1. The Kier molecular flexibility index (Phi) is 5.70. The maximum Gasteiger partial charge on any atom is 0.130 e. The number of thioether (sulfide) groups is 1. The van der Waals surface area contributed by atoms with Gasteiger partial charge in [0.1, 0.15) is 11.6 Å². The molecule has 0 radical (unpaired) electrons. The number of hydrogen-bond acceptors (Lipinski definition) is 5. The van der Waals surface area contributed by atoms with Crippen LogP contribution in [0.1, 0.15) is 5.56 Å². The van der Waals surface area contributed by atoms with Gasteiger partial charge in [0.15, 0.2) is 0 Å². The van der Waals surface area contributed by atoms with E-state index < -0.39 is 0 Å². The van der Waals surface area contributed by atoms with E-state index in [1.807, 2.05) is 30.9 Å². The van der Waals surface area contributed by atoms with Crippen LogP contribution in [0.5, 0.6) is 5.75 Å². The zero-order chi connectivity index (χ0) is 15.2. The first-order chi connectivity index (χ1) is 10.2. The number of anilines is 1. The molecule has 0 bridgehead atoms. The van der Waals surface area contributed by atoms with Gasteiger partial charge in [-0.1, -0.05) is 0 Å². The van der Waals surface area contributed by atoms with E-state index in [-0.39, 0.29) is 0 Å². The third kappa shape index (κ3) is 4.02. The van der Waals surface area contributed by atoms with E-state index in [0.29, 0.717) is 0 Å². The first kappa shape index (κ1) is 15.9. The highest BCUT2D eigenvalue weighted by molar-refractivity contribution is 7.98. The van der Waals surface area contributed by atoms with E-state index in [9.17, 15) is 0 Å². The van der Waals surface area contributed by atoms with Gasteiger partial charge < -0.3 is 15.0 Å². The van der Waals surface area contributed by atoms with Crippen LogP contribution in [0, 0.1) is 0 Å². The molecule has 1 aromatic heterocycles. The number of rotatable bonds is 7. The number of nitrogens with zero attached hydrogens (tertiary/aromatic N) is 2. The lowest BCUT2D eigenvalue weighted by atomic mass is 10.1. The summed E-state index contributed by atoms with van der Waals surface area (Å²) in [6, 6.07) is 8.22. The van der Waals surface area contributed by atoms with Crippen LogP contribution in [-0.4, -0.2) is 49.6 Å². The molecule has 114 valence electrons. The second kappa shape index (κ2) is 7.52. The Hall–Kier alpha value is -1.46. The number of nitrogens with one attached hydrogen (secondary N) is 1. The molecule has 0 atom stereocenters. The van der Waals surface area contributed by atoms with Crippen molar-refractivity contribution in [1.29, 1.82) is 0 Å². The minimum absolute atomic E-state index is 0.835. The Balaban J connectivity index is 2.30. The SMILES string of the molecule is CNc1nc2cc(OC)ccc2cc1CN(C)CCSC. The largest absolute Gasteiger partial charge is 0.497 e. The quantitative estimate of drug-likeness (QED) is 0.851. The molecule has 0 saturated heterocycles. The molecule has 0 aliphatic rings. The standard InChI is InChI=1S/C16H23N3OS/c1-17-16-13(11-19(2)7-8-21-4)9-12-5-6-14(20-3)10-15(12)18-16/h5-6,9-10H,7-8,11H2,1-4H3,(H,17,18). The highest BCUT2D eigenvalue weighted by Crippen LogP contribution is 2.24. The van der Waals surface area contributed by atoms with Crippen molar-refractivity contribution in [2.45, 2.75) is 6.54 Å². The molecule has 0 fully saturated rings. The van der Waals surface area contributed by atoms with Crippen molar-refractivity contribution in [1.82, 2.24) is 9.88 Å². The first-order valence-corrected chi connectivity index (χ1v) is 8.40. The minimum atomic E-state index is 0.835. The summed E-state index contributed by atoms with van der Waals surface area (Å²) in [7, 11) is 5.74. The lowest BCUT2D eigenvalue weighted by Gasteiger charge is -2.18. The second-order valence-corrected chi connectivity index (χ2v) is 6.02. The van der Waals surface area contributed by atoms with Gasteiger partial charge in [-0.2, -0.15) is 11.8 Å². The monoisotopic (exact) mass is 305 g/mol. The van der Waals surface area contributed by atoms with Crippen molar-refractivity contribution in [3.05, 3.63) is 29.8 Å². The van der Waals surface area contributed by atoms with Crippen LogP contribution < -0.4 is 10.1 Å². The third-order valence-corrected chi connectivity index (χ3v) is 4.05. The van der Waals surface area contributed by atoms with E-state index in [1.165, 1.54) is 5.56 Å². The Morgan fingerprint density at radius 2 is 2.14 bits per heavy atom. The van der Waals surface area contributed by atoms with Crippen LogP contribution in [0.25, 0.3) is 10.9 Å². The maximum atomic E-state index is 5.26. The summed E-state index contributed by atoms with van der Waals surface area (Å²) >= 11 is 1.87. The molecule has 2 rings (SSSR count). The summed E-state index contributed by atoms with van der Waals surface area (Å²) < 4.78 is 5.26. The normalized spacial score (nSPS) is 11.1.